The van der Waals surface area contributed by atoms with Crippen molar-refractivity contribution in [1.29, 1.82) is 0 Å². The average Bonchev–Trinajstić information content (AvgIpc) is 2.24. The van der Waals surface area contributed by atoms with Crippen LogP contribution in [0.3, 0.4) is 0 Å². The van der Waals surface area contributed by atoms with Gasteiger partial charge in [0.15, 0.2) is 6.30 Å². The summed E-state index contributed by atoms with van der Waals surface area (Å²) in [6.07, 6.45) is -1.75. The first-order chi connectivity index (χ1) is 7.52. The summed E-state index contributed by atoms with van der Waals surface area (Å²) in [7, 11) is 0. The number of nitrogens with two attached hydrogens (primary N) is 1. The summed E-state index contributed by atoms with van der Waals surface area (Å²) in [6, 6.07) is 7.40. The van der Waals surface area contributed by atoms with Crippen LogP contribution in [0.25, 0.3) is 0 Å². The Labute approximate surface area is 102 Å². The lowest BCUT2D eigenvalue weighted by Gasteiger charge is -2.40. The molecule has 1 aromatic carbocycles. The van der Waals surface area contributed by atoms with Gasteiger partial charge in [-0.25, -0.2) is 4.39 Å². The van der Waals surface area contributed by atoms with Crippen LogP contribution in [0, 0.1) is 0 Å². The van der Waals surface area contributed by atoms with Gasteiger partial charge in [0.05, 0.1) is 0 Å². The summed E-state index contributed by atoms with van der Waals surface area (Å²) in [6.45, 7) is 2.02. The van der Waals surface area contributed by atoms with Crippen LogP contribution in [0.5, 0.6) is 0 Å². The average molecular weight is 289 g/mol. The molecule has 3 N–H and O–H groups in total. The zero-order valence-corrected chi connectivity index (χ0v) is 10.5. The zero-order valence-electron chi connectivity index (χ0n) is 8.91. The molecule has 1 aliphatic heterocycles. The van der Waals surface area contributed by atoms with E-state index in [9.17, 15) is 4.39 Å². The molecule has 1 fully saturated rings. The Hall–Kier alpha value is -0.490. The van der Waals surface area contributed by atoms with Crippen LogP contribution in [-0.2, 0) is 10.3 Å². The SMILES string of the molecule is C[C@@]1(c2cccc(Br)c2)O[C@@H](N)CNC1F. The van der Waals surface area contributed by atoms with Gasteiger partial charge in [-0.1, -0.05) is 28.1 Å². The normalized spacial score (nSPS) is 35.0. The van der Waals surface area contributed by atoms with Gasteiger partial charge in [0.25, 0.3) is 0 Å². The molecule has 16 heavy (non-hydrogen) atoms. The molecule has 1 heterocycles. The predicted molar refractivity (Wildman–Crippen MR) is 63.5 cm³/mol. The van der Waals surface area contributed by atoms with Gasteiger partial charge in [0, 0.05) is 11.0 Å². The van der Waals surface area contributed by atoms with Crippen LogP contribution in [0.4, 0.5) is 4.39 Å². The number of morpholine rings is 1. The summed E-state index contributed by atoms with van der Waals surface area (Å²) in [4.78, 5) is 0. The molecule has 1 saturated heterocycles. The molecule has 5 heteroatoms. The van der Waals surface area contributed by atoms with Crippen molar-refractivity contribution < 1.29 is 9.13 Å². The number of nitrogens with one attached hydrogen (secondary N) is 1. The van der Waals surface area contributed by atoms with E-state index in [0.717, 1.165) is 10.0 Å². The van der Waals surface area contributed by atoms with E-state index in [1.807, 2.05) is 24.3 Å². The molecule has 0 radical (unpaired) electrons. The van der Waals surface area contributed by atoms with Crippen LogP contribution in [0.1, 0.15) is 12.5 Å². The first-order valence-corrected chi connectivity index (χ1v) is 5.88. The first-order valence-electron chi connectivity index (χ1n) is 5.09. The predicted octanol–water partition coefficient (Wildman–Crippen LogP) is 1.86. The topological polar surface area (TPSA) is 47.3 Å². The van der Waals surface area contributed by atoms with E-state index in [4.69, 9.17) is 10.5 Å². The van der Waals surface area contributed by atoms with E-state index < -0.39 is 18.1 Å². The van der Waals surface area contributed by atoms with Crippen molar-refractivity contribution in [2.45, 2.75) is 25.0 Å². The van der Waals surface area contributed by atoms with E-state index in [1.165, 1.54) is 0 Å². The molecule has 3 nitrogen and oxygen atoms in total. The second-order valence-corrected chi connectivity index (χ2v) is 4.96. The molecule has 1 aromatic rings. The Bertz CT molecular complexity index is 390. The molecule has 0 spiro atoms. The molecule has 2 rings (SSSR count). The summed E-state index contributed by atoms with van der Waals surface area (Å²) in [5, 5.41) is 2.71. The highest BCUT2D eigenvalue weighted by Gasteiger charge is 2.42. The molecule has 3 atom stereocenters. The van der Waals surface area contributed by atoms with Gasteiger partial charge in [-0.15, -0.1) is 0 Å². The van der Waals surface area contributed by atoms with Crippen molar-refractivity contribution in [2.24, 2.45) is 5.73 Å². The minimum absolute atomic E-state index is 0.324. The Morgan fingerprint density at radius 2 is 2.38 bits per heavy atom. The zero-order chi connectivity index (χ0) is 11.8. The maximum Gasteiger partial charge on any atom is 0.184 e. The Morgan fingerprint density at radius 3 is 3.06 bits per heavy atom. The lowest BCUT2D eigenvalue weighted by Crippen LogP contribution is -2.58. The van der Waals surface area contributed by atoms with Gasteiger partial charge in [-0.3, -0.25) is 5.32 Å². The summed E-state index contributed by atoms with van der Waals surface area (Å²) in [5.41, 5.74) is 5.41. The van der Waals surface area contributed by atoms with Crippen LogP contribution in [-0.4, -0.2) is 19.1 Å². The van der Waals surface area contributed by atoms with Crippen molar-refractivity contribution in [2.75, 3.05) is 6.54 Å². The number of rotatable bonds is 1. The maximum absolute atomic E-state index is 13.9. The highest BCUT2D eigenvalue weighted by Crippen LogP contribution is 2.34. The van der Waals surface area contributed by atoms with E-state index >= 15 is 0 Å². The number of hydrogen-bond donors (Lipinski definition) is 2. The molecule has 88 valence electrons. The molecular weight excluding hydrogens is 275 g/mol. The molecule has 0 bridgehead atoms. The summed E-state index contributed by atoms with van der Waals surface area (Å²) >= 11 is 3.36. The smallest absolute Gasteiger partial charge is 0.184 e. The van der Waals surface area contributed by atoms with Gasteiger partial charge >= 0.3 is 0 Å². The lowest BCUT2D eigenvalue weighted by atomic mass is 9.93. The molecule has 0 amide bonds. The largest absolute Gasteiger partial charge is 0.347 e. The Kier molecular flexibility index (Phi) is 3.30. The van der Waals surface area contributed by atoms with Crippen LogP contribution in [0.15, 0.2) is 28.7 Å². The monoisotopic (exact) mass is 288 g/mol. The van der Waals surface area contributed by atoms with E-state index in [2.05, 4.69) is 21.2 Å². The van der Waals surface area contributed by atoms with E-state index in [1.54, 1.807) is 6.92 Å². The van der Waals surface area contributed by atoms with E-state index in [-0.39, 0.29) is 0 Å². The van der Waals surface area contributed by atoms with Crippen molar-refractivity contribution in [3.05, 3.63) is 34.3 Å². The van der Waals surface area contributed by atoms with Crippen molar-refractivity contribution in [1.82, 2.24) is 5.32 Å². The van der Waals surface area contributed by atoms with Crippen molar-refractivity contribution in [3.63, 3.8) is 0 Å². The molecule has 1 aliphatic rings. The number of halogens is 2. The second-order valence-electron chi connectivity index (χ2n) is 4.04. The quantitative estimate of drug-likeness (QED) is 0.776. The van der Waals surface area contributed by atoms with Gasteiger partial charge < -0.3 is 10.5 Å². The number of benzene rings is 1. The fraction of sp³-hybridized carbons (Fsp3) is 0.455. The summed E-state index contributed by atoms with van der Waals surface area (Å²) < 4.78 is 20.4. The van der Waals surface area contributed by atoms with Gasteiger partial charge in [0.1, 0.15) is 11.8 Å². The van der Waals surface area contributed by atoms with Gasteiger partial charge in [-0.2, -0.15) is 0 Å². The Balaban J connectivity index is 2.35. The third kappa shape index (κ3) is 2.13. The number of alkyl halides is 1. The van der Waals surface area contributed by atoms with Gasteiger partial charge in [-0.05, 0) is 24.6 Å². The fourth-order valence-electron chi connectivity index (χ4n) is 1.84. The molecular formula is C11H14BrFN2O. The minimum atomic E-state index is -1.26. The molecule has 0 aromatic heterocycles. The number of ether oxygens (including phenoxy) is 1. The minimum Gasteiger partial charge on any atom is -0.347 e. The van der Waals surface area contributed by atoms with Crippen LogP contribution >= 0.6 is 15.9 Å². The highest BCUT2D eigenvalue weighted by molar-refractivity contribution is 9.10. The van der Waals surface area contributed by atoms with Crippen molar-refractivity contribution in [3.8, 4) is 0 Å². The molecule has 0 saturated carbocycles. The summed E-state index contributed by atoms with van der Waals surface area (Å²) in [5.74, 6) is 0. The Morgan fingerprint density at radius 1 is 1.62 bits per heavy atom. The standard InChI is InChI=1S/C11H14BrFN2O/c1-11(7-3-2-4-8(12)5-7)10(13)15-6-9(14)16-11/h2-5,9-10,15H,6,14H2,1H3/t9-,10?,11+/m1/s1. The van der Waals surface area contributed by atoms with E-state index in [0.29, 0.717) is 6.54 Å². The molecule has 0 aliphatic carbocycles. The maximum atomic E-state index is 13.9. The third-order valence-corrected chi connectivity index (χ3v) is 3.27. The fourth-order valence-corrected chi connectivity index (χ4v) is 2.24. The number of hydrogen-bond acceptors (Lipinski definition) is 3. The second kappa shape index (κ2) is 4.41. The van der Waals surface area contributed by atoms with Crippen LogP contribution < -0.4 is 11.1 Å². The third-order valence-electron chi connectivity index (χ3n) is 2.78. The van der Waals surface area contributed by atoms with Crippen LogP contribution in [0.2, 0.25) is 0 Å². The lowest BCUT2D eigenvalue weighted by molar-refractivity contribution is -0.166. The highest BCUT2D eigenvalue weighted by atomic mass is 79.9. The van der Waals surface area contributed by atoms with Gasteiger partial charge in [0.2, 0.25) is 0 Å². The van der Waals surface area contributed by atoms with Crippen molar-refractivity contribution >= 4 is 15.9 Å². The first kappa shape index (κ1) is 12.0. The molecule has 1 unspecified atom stereocenters.